The van der Waals surface area contributed by atoms with Gasteiger partial charge in [-0.05, 0) is 24.6 Å². The highest BCUT2D eigenvalue weighted by Gasteiger charge is 2.31. The van der Waals surface area contributed by atoms with Crippen molar-refractivity contribution in [1.82, 2.24) is 9.88 Å². The van der Waals surface area contributed by atoms with Crippen LogP contribution >= 0.6 is 0 Å². The summed E-state index contributed by atoms with van der Waals surface area (Å²) in [5, 5.41) is 11.5. The van der Waals surface area contributed by atoms with Crippen LogP contribution in [0.1, 0.15) is 29.7 Å². The second kappa shape index (κ2) is 6.23. The van der Waals surface area contributed by atoms with Crippen molar-refractivity contribution in [3.05, 3.63) is 59.9 Å². The van der Waals surface area contributed by atoms with Gasteiger partial charge >= 0.3 is 0 Å². The van der Waals surface area contributed by atoms with E-state index in [1.807, 2.05) is 24.3 Å². The number of nitrogens with two attached hydrogens (primary N) is 1. The molecule has 2 heterocycles. The number of H-pyrrole nitrogens is 1. The fourth-order valence-corrected chi connectivity index (χ4v) is 4.00. The highest BCUT2D eigenvalue weighted by Crippen LogP contribution is 2.40. The summed E-state index contributed by atoms with van der Waals surface area (Å²) < 4.78 is 15.1. The normalized spacial score (nSPS) is 18.6. The maximum absolute atomic E-state index is 15.1. The fraction of sp³-hybridized carbons (Fsp3) is 0.250. The monoisotopic (exact) mass is 353 g/mol. The van der Waals surface area contributed by atoms with Crippen molar-refractivity contribution in [2.75, 3.05) is 13.1 Å². The molecule has 1 saturated heterocycles. The van der Waals surface area contributed by atoms with Gasteiger partial charge in [-0.2, -0.15) is 0 Å². The molecule has 2 atom stereocenters. The number of hydrogen-bond donors (Lipinski definition) is 3. The number of fused-ring (bicyclic) bond motifs is 3. The second-order valence-electron chi connectivity index (χ2n) is 6.70. The third kappa shape index (κ3) is 2.50. The molecule has 26 heavy (non-hydrogen) atoms. The molecule has 6 heteroatoms. The number of aliphatic hydroxyl groups is 1. The molecule has 1 aliphatic heterocycles. The summed E-state index contributed by atoms with van der Waals surface area (Å²) in [4.78, 5) is 16.8. The molecule has 4 N–H and O–H groups in total. The standard InChI is InChI=1S/C20H20FN3O2/c1-2-16(25)24-8-7-11(10-24)17-14(21)9-13(20(22)26)19-18(17)12-5-3-4-6-15(12)23-19/h2-6,9,11,20,23,26H,1,7-8,10,22H2. The highest BCUT2D eigenvalue weighted by molar-refractivity contribution is 6.10. The summed E-state index contributed by atoms with van der Waals surface area (Å²) in [6, 6.07) is 8.92. The van der Waals surface area contributed by atoms with E-state index >= 15 is 4.39 Å². The lowest BCUT2D eigenvalue weighted by atomic mass is 9.91. The average Bonchev–Trinajstić information content (AvgIpc) is 3.25. The molecule has 0 saturated carbocycles. The van der Waals surface area contributed by atoms with Crippen molar-refractivity contribution in [3.63, 3.8) is 0 Å². The van der Waals surface area contributed by atoms with E-state index in [2.05, 4.69) is 11.6 Å². The molecule has 1 aliphatic rings. The minimum atomic E-state index is -1.28. The van der Waals surface area contributed by atoms with Gasteiger partial charge in [-0.3, -0.25) is 4.79 Å². The molecular formula is C20H20FN3O2. The van der Waals surface area contributed by atoms with Gasteiger partial charge in [-0.15, -0.1) is 0 Å². The SMILES string of the molecule is C=CC(=O)N1CCC(c2c(F)cc(C(N)O)c3[nH]c4ccccc4c23)C1. The number of benzene rings is 2. The zero-order chi connectivity index (χ0) is 18.4. The Morgan fingerprint density at radius 3 is 2.96 bits per heavy atom. The Kier molecular flexibility index (Phi) is 4.01. The molecule has 0 bridgehead atoms. The van der Waals surface area contributed by atoms with Crippen molar-refractivity contribution >= 4 is 27.7 Å². The number of carbonyl (C=O) groups excluding carboxylic acids is 1. The summed E-state index contributed by atoms with van der Waals surface area (Å²) >= 11 is 0. The van der Waals surface area contributed by atoms with E-state index < -0.39 is 12.0 Å². The Morgan fingerprint density at radius 1 is 1.46 bits per heavy atom. The van der Waals surface area contributed by atoms with E-state index in [0.29, 0.717) is 36.2 Å². The molecule has 1 amide bonds. The smallest absolute Gasteiger partial charge is 0.245 e. The second-order valence-corrected chi connectivity index (χ2v) is 6.70. The number of aliphatic hydroxyl groups excluding tert-OH is 1. The molecule has 4 rings (SSSR count). The first-order valence-electron chi connectivity index (χ1n) is 8.59. The van der Waals surface area contributed by atoms with Gasteiger partial charge in [-0.25, -0.2) is 4.39 Å². The van der Waals surface area contributed by atoms with Crippen LogP contribution in [0.2, 0.25) is 0 Å². The Labute approximate surface area is 149 Å². The lowest BCUT2D eigenvalue weighted by molar-refractivity contribution is -0.125. The Balaban J connectivity index is 1.95. The van der Waals surface area contributed by atoms with Crippen LogP contribution in [0, 0.1) is 5.82 Å². The number of rotatable bonds is 3. The van der Waals surface area contributed by atoms with Gasteiger partial charge in [0.25, 0.3) is 0 Å². The van der Waals surface area contributed by atoms with Crippen molar-refractivity contribution in [1.29, 1.82) is 0 Å². The van der Waals surface area contributed by atoms with Gasteiger partial charge in [-0.1, -0.05) is 24.8 Å². The Hall–Kier alpha value is -2.70. The zero-order valence-electron chi connectivity index (χ0n) is 14.2. The van der Waals surface area contributed by atoms with Crippen LogP contribution in [0.4, 0.5) is 4.39 Å². The van der Waals surface area contributed by atoms with Crippen LogP contribution in [-0.4, -0.2) is 34.0 Å². The maximum Gasteiger partial charge on any atom is 0.245 e. The molecule has 0 spiro atoms. The number of aromatic nitrogens is 1. The minimum absolute atomic E-state index is 0.121. The van der Waals surface area contributed by atoms with Gasteiger partial charge in [0.1, 0.15) is 12.0 Å². The minimum Gasteiger partial charge on any atom is -0.374 e. The van der Waals surface area contributed by atoms with Gasteiger partial charge < -0.3 is 20.7 Å². The number of hydrogen-bond acceptors (Lipinski definition) is 3. The molecule has 0 aliphatic carbocycles. The van der Waals surface area contributed by atoms with Crippen LogP contribution in [0.3, 0.4) is 0 Å². The summed E-state index contributed by atoms with van der Waals surface area (Å²) in [6.07, 6.45) is 0.681. The Morgan fingerprint density at radius 2 is 2.23 bits per heavy atom. The van der Waals surface area contributed by atoms with E-state index in [0.717, 1.165) is 16.3 Å². The van der Waals surface area contributed by atoms with Crippen LogP contribution in [0.25, 0.3) is 21.8 Å². The predicted molar refractivity (Wildman–Crippen MR) is 99.0 cm³/mol. The number of carbonyl (C=O) groups is 1. The van der Waals surface area contributed by atoms with Crippen molar-refractivity contribution in [2.24, 2.45) is 5.73 Å². The van der Waals surface area contributed by atoms with Crippen molar-refractivity contribution < 1.29 is 14.3 Å². The number of amides is 1. The molecule has 2 unspecified atom stereocenters. The molecule has 1 aromatic heterocycles. The zero-order valence-corrected chi connectivity index (χ0v) is 14.2. The molecule has 0 radical (unpaired) electrons. The number of halogens is 1. The van der Waals surface area contributed by atoms with E-state index in [9.17, 15) is 9.90 Å². The summed E-state index contributed by atoms with van der Waals surface area (Å²) in [5.41, 5.74) is 8.06. The first kappa shape index (κ1) is 16.8. The molecule has 3 aromatic rings. The van der Waals surface area contributed by atoms with Gasteiger partial charge in [0.15, 0.2) is 0 Å². The Bertz CT molecular complexity index is 1020. The highest BCUT2D eigenvalue weighted by atomic mass is 19.1. The van der Waals surface area contributed by atoms with Gasteiger partial charge in [0, 0.05) is 46.4 Å². The average molecular weight is 353 g/mol. The van der Waals surface area contributed by atoms with E-state index in [1.165, 1.54) is 12.1 Å². The predicted octanol–water partition coefficient (Wildman–Crippen LogP) is 2.91. The van der Waals surface area contributed by atoms with Crippen LogP contribution in [0.5, 0.6) is 0 Å². The molecule has 2 aromatic carbocycles. The van der Waals surface area contributed by atoms with Crippen LogP contribution in [-0.2, 0) is 4.79 Å². The molecule has 5 nitrogen and oxygen atoms in total. The van der Waals surface area contributed by atoms with Crippen LogP contribution < -0.4 is 5.73 Å². The largest absolute Gasteiger partial charge is 0.374 e. The topological polar surface area (TPSA) is 82.3 Å². The third-order valence-electron chi connectivity index (χ3n) is 5.21. The lowest BCUT2D eigenvalue weighted by Crippen LogP contribution is -2.26. The van der Waals surface area contributed by atoms with E-state index in [-0.39, 0.29) is 11.8 Å². The van der Waals surface area contributed by atoms with Crippen molar-refractivity contribution in [3.8, 4) is 0 Å². The fourth-order valence-electron chi connectivity index (χ4n) is 4.00. The van der Waals surface area contributed by atoms with Gasteiger partial charge in [0.2, 0.25) is 5.91 Å². The first-order valence-corrected chi connectivity index (χ1v) is 8.59. The number of nitrogens with zero attached hydrogens (tertiary/aromatic N) is 1. The van der Waals surface area contributed by atoms with E-state index in [4.69, 9.17) is 5.73 Å². The first-order chi connectivity index (χ1) is 12.5. The van der Waals surface area contributed by atoms with E-state index in [1.54, 1.807) is 4.90 Å². The summed E-state index contributed by atoms with van der Waals surface area (Å²) in [6.45, 7) is 4.54. The third-order valence-corrected chi connectivity index (χ3v) is 5.21. The number of para-hydroxylation sites is 1. The summed E-state index contributed by atoms with van der Waals surface area (Å²) in [5.74, 6) is -0.665. The lowest BCUT2D eigenvalue weighted by Gasteiger charge is -2.18. The number of nitrogens with one attached hydrogen (secondary N) is 1. The van der Waals surface area contributed by atoms with Gasteiger partial charge in [0.05, 0.1) is 5.52 Å². The quantitative estimate of drug-likeness (QED) is 0.500. The van der Waals surface area contributed by atoms with Crippen molar-refractivity contribution in [2.45, 2.75) is 18.6 Å². The summed E-state index contributed by atoms with van der Waals surface area (Å²) in [7, 11) is 0. The molecular weight excluding hydrogens is 333 g/mol. The molecule has 1 fully saturated rings. The molecule has 134 valence electrons. The number of aromatic amines is 1. The maximum atomic E-state index is 15.1. The van der Waals surface area contributed by atoms with Crippen LogP contribution in [0.15, 0.2) is 43.0 Å². The number of likely N-dealkylation sites (tertiary alicyclic amines) is 1.